The maximum absolute atomic E-state index is 17.6. The summed E-state index contributed by atoms with van der Waals surface area (Å²) in [7, 11) is 0. The number of piperazine rings is 1. The van der Waals surface area contributed by atoms with E-state index in [1.54, 1.807) is 6.07 Å². The minimum atomic E-state index is -0.570. The first-order valence-electron chi connectivity index (χ1n) is 19.0. The molecule has 3 aliphatic heterocycles. The van der Waals surface area contributed by atoms with Crippen LogP contribution < -0.4 is 15.0 Å². The molecule has 266 valence electrons. The van der Waals surface area contributed by atoms with Crippen LogP contribution in [-0.4, -0.2) is 71.4 Å². The van der Waals surface area contributed by atoms with Crippen LogP contribution in [-0.2, 0) is 0 Å². The molecule has 1 aromatic heterocycles. The highest BCUT2D eigenvalue weighted by Crippen LogP contribution is 2.49. The van der Waals surface area contributed by atoms with Crippen molar-refractivity contribution in [3.8, 4) is 35.2 Å². The summed E-state index contributed by atoms with van der Waals surface area (Å²) < 4.78 is 39.2. The minimum Gasteiger partial charge on any atom is -0.508 e. The summed E-state index contributed by atoms with van der Waals surface area (Å²) in [6.45, 7) is 9.44. The summed E-state index contributed by atoms with van der Waals surface area (Å²) in [4.78, 5) is 14.8. The molecule has 51 heavy (non-hydrogen) atoms. The fraction of sp³-hybridized carbons (Fsp3) is 0.524. The van der Waals surface area contributed by atoms with E-state index in [-0.39, 0.29) is 39.7 Å². The quantitative estimate of drug-likeness (QED) is 0.183. The fourth-order valence-electron chi connectivity index (χ4n) is 9.86. The molecule has 3 aromatic carbocycles. The predicted octanol–water partition coefficient (Wildman–Crippen LogP) is 7.76. The summed E-state index contributed by atoms with van der Waals surface area (Å²) in [5.74, 6) is 3.51. The summed E-state index contributed by atoms with van der Waals surface area (Å²) in [5.41, 5.74) is 1.56. The average Bonchev–Trinajstić information content (AvgIpc) is 3.79. The topological polar surface area (TPSA) is 73.8 Å². The van der Waals surface area contributed by atoms with E-state index in [1.807, 2.05) is 19.9 Å². The van der Waals surface area contributed by atoms with Crippen LogP contribution in [0.5, 0.6) is 11.8 Å². The van der Waals surface area contributed by atoms with Gasteiger partial charge >= 0.3 is 6.01 Å². The molecule has 0 spiro atoms. The number of nitrogens with one attached hydrogen (secondary N) is 1. The highest BCUT2D eigenvalue weighted by atomic mass is 19.1. The Morgan fingerprint density at radius 1 is 1.02 bits per heavy atom. The van der Waals surface area contributed by atoms with Crippen LogP contribution in [0.1, 0.15) is 82.3 Å². The van der Waals surface area contributed by atoms with Gasteiger partial charge in [0.2, 0.25) is 0 Å². The molecule has 3 saturated heterocycles. The second kappa shape index (κ2) is 12.6. The highest BCUT2D eigenvalue weighted by molar-refractivity contribution is 6.05. The average molecular weight is 692 g/mol. The van der Waals surface area contributed by atoms with Gasteiger partial charge in [-0.3, -0.25) is 0 Å². The first-order chi connectivity index (χ1) is 24.7. The smallest absolute Gasteiger partial charge is 0.319 e. The van der Waals surface area contributed by atoms with Crippen LogP contribution in [0, 0.1) is 41.2 Å². The molecule has 9 rings (SSSR count). The van der Waals surface area contributed by atoms with E-state index < -0.39 is 11.6 Å². The number of phenolic OH excluding ortho intramolecular Hbond substituents is 1. The predicted molar refractivity (Wildman–Crippen MR) is 197 cm³/mol. The van der Waals surface area contributed by atoms with Crippen LogP contribution >= 0.6 is 0 Å². The maximum atomic E-state index is 17.6. The summed E-state index contributed by atoms with van der Waals surface area (Å²) in [5, 5.41) is 16.1. The zero-order valence-electron chi connectivity index (χ0n) is 29.7. The third-order valence-corrected chi connectivity index (χ3v) is 12.5. The zero-order chi connectivity index (χ0) is 35.0. The molecule has 4 heterocycles. The number of rotatable bonds is 8. The van der Waals surface area contributed by atoms with Crippen molar-refractivity contribution < 1.29 is 18.6 Å². The van der Waals surface area contributed by atoms with Gasteiger partial charge in [0.05, 0.1) is 12.2 Å². The number of hydrogen-bond acceptors (Lipinski definition) is 7. The van der Waals surface area contributed by atoms with Crippen molar-refractivity contribution in [1.29, 1.82) is 0 Å². The molecule has 4 unspecified atom stereocenters. The van der Waals surface area contributed by atoms with Gasteiger partial charge in [0, 0.05) is 66.6 Å². The lowest BCUT2D eigenvalue weighted by Crippen LogP contribution is -2.51. The Hall–Kier alpha value is -4.00. The minimum absolute atomic E-state index is 0.0347. The molecule has 4 aromatic rings. The van der Waals surface area contributed by atoms with Gasteiger partial charge in [-0.25, -0.2) is 8.78 Å². The fourth-order valence-corrected chi connectivity index (χ4v) is 9.86. The largest absolute Gasteiger partial charge is 0.508 e. The lowest BCUT2D eigenvalue weighted by atomic mass is 9.77. The lowest BCUT2D eigenvalue weighted by Gasteiger charge is -2.42. The third-order valence-electron chi connectivity index (χ3n) is 12.5. The molecular weight excluding hydrogens is 644 g/mol. The van der Waals surface area contributed by atoms with Crippen molar-refractivity contribution in [3.63, 3.8) is 0 Å². The Labute approximate surface area is 298 Å². The van der Waals surface area contributed by atoms with E-state index in [0.29, 0.717) is 51.8 Å². The number of fused-ring (bicyclic) bond motifs is 6. The zero-order valence-corrected chi connectivity index (χ0v) is 29.7. The molecule has 2 N–H and O–H groups in total. The Balaban J connectivity index is 1.15. The van der Waals surface area contributed by atoms with E-state index >= 15 is 8.78 Å². The van der Waals surface area contributed by atoms with Gasteiger partial charge in [0.25, 0.3) is 0 Å². The number of piperidine rings is 1. The van der Waals surface area contributed by atoms with Gasteiger partial charge in [-0.1, -0.05) is 32.3 Å². The molecule has 7 nitrogen and oxygen atoms in total. The second-order valence-electron chi connectivity index (χ2n) is 16.6. The Morgan fingerprint density at radius 2 is 1.76 bits per heavy atom. The first kappa shape index (κ1) is 32.9. The molecule has 5 fully saturated rings. The van der Waals surface area contributed by atoms with E-state index in [2.05, 4.69) is 21.0 Å². The molecular formula is C42H47F2N5O2. The van der Waals surface area contributed by atoms with Crippen LogP contribution in [0.3, 0.4) is 0 Å². The molecule has 5 aliphatic rings. The Kier molecular flexibility index (Phi) is 8.12. The molecule has 2 aliphatic carbocycles. The summed E-state index contributed by atoms with van der Waals surface area (Å²) in [6, 6.07) is 8.74. The lowest BCUT2D eigenvalue weighted by molar-refractivity contribution is 0.0588. The normalized spacial score (nSPS) is 25.5. The van der Waals surface area contributed by atoms with Crippen LogP contribution in [0.4, 0.5) is 14.6 Å². The monoisotopic (exact) mass is 691 g/mol. The highest BCUT2D eigenvalue weighted by Gasteiger charge is 2.46. The third kappa shape index (κ3) is 5.98. The van der Waals surface area contributed by atoms with Gasteiger partial charge in [-0.2, -0.15) is 9.97 Å². The standard InChI is InChI=1S/C42H47F2N5O2/c1-4-31-35(43)11-8-27-15-30(50)16-33(36(27)31)37-32(24(2)3)17-34-39(38(37)44)46-41(47-40(34)49-20-28-9-10-29(21-49)45-28)51-23-42(12-13-42)22-48-18-25-6-5-7-26(14-25)19-48/h1,8,11,15-17,24-26,28-29,45,50H,5-7,9-10,12-14,18-23H2,2-3H3. The number of hydrogen-bond donors (Lipinski definition) is 2. The first-order valence-corrected chi connectivity index (χ1v) is 19.0. The van der Waals surface area contributed by atoms with Crippen molar-refractivity contribution in [1.82, 2.24) is 20.2 Å². The number of terminal acetylenes is 1. The van der Waals surface area contributed by atoms with E-state index in [9.17, 15) is 5.11 Å². The Bertz CT molecular complexity index is 2050. The number of nitrogens with zero attached hydrogens (tertiary/aromatic N) is 4. The summed E-state index contributed by atoms with van der Waals surface area (Å²) in [6.07, 6.45) is 15.7. The van der Waals surface area contributed by atoms with Crippen LogP contribution in [0.15, 0.2) is 30.3 Å². The second-order valence-corrected chi connectivity index (χ2v) is 16.6. The molecule has 0 amide bonds. The van der Waals surface area contributed by atoms with Crippen molar-refractivity contribution >= 4 is 27.5 Å². The van der Waals surface area contributed by atoms with E-state index in [4.69, 9.17) is 21.1 Å². The van der Waals surface area contributed by atoms with Gasteiger partial charge < -0.3 is 25.0 Å². The number of ether oxygens (including phenoxy) is 1. The number of aromatic nitrogens is 2. The SMILES string of the molecule is C#Cc1c(F)ccc2cc(O)cc(-c3c(C(C)C)cc4c(N5CC6CCC(C5)N6)nc(OCC5(CN6CC7CCCC(C7)C6)CC5)nc4c3F)c12. The Morgan fingerprint density at radius 3 is 2.45 bits per heavy atom. The van der Waals surface area contributed by atoms with Crippen molar-refractivity contribution in [2.24, 2.45) is 17.3 Å². The summed E-state index contributed by atoms with van der Waals surface area (Å²) >= 11 is 0. The molecule has 0 radical (unpaired) electrons. The van der Waals surface area contributed by atoms with Gasteiger partial charge in [-0.15, -0.1) is 6.42 Å². The number of benzene rings is 3. The van der Waals surface area contributed by atoms with Crippen molar-refractivity contribution in [3.05, 3.63) is 53.1 Å². The number of aromatic hydroxyl groups is 1. The number of halogens is 2. The van der Waals surface area contributed by atoms with Crippen molar-refractivity contribution in [2.75, 3.05) is 44.2 Å². The van der Waals surface area contributed by atoms with Gasteiger partial charge in [0.1, 0.15) is 22.9 Å². The number of phenols is 1. The molecule has 2 saturated carbocycles. The molecule has 4 bridgehead atoms. The molecule has 4 atom stereocenters. The van der Waals surface area contributed by atoms with Crippen LogP contribution in [0.2, 0.25) is 0 Å². The number of likely N-dealkylation sites (tertiary alicyclic amines) is 1. The van der Waals surface area contributed by atoms with E-state index in [1.165, 1.54) is 57.0 Å². The van der Waals surface area contributed by atoms with E-state index in [0.717, 1.165) is 57.2 Å². The van der Waals surface area contributed by atoms with Crippen molar-refractivity contribution in [2.45, 2.75) is 83.2 Å². The number of anilines is 1. The molecule has 9 heteroatoms. The maximum Gasteiger partial charge on any atom is 0.319 e. The van der Waals surface area contributed by atoms with Gasteiger partial charge in [-0.05, 0) is 103 Å². The van der Waals surface area contributed by atoms with Crippen LogP contribution in [0.25, 0.3) is 32.8 Å². The van der Waals surface area contributed by atoms with Gasteiger partial charge in [0.15, 0.2) is 5.82 Å².